The first-order valence-electron chi connectivity index (χ1n) is 4.80. The minimum Gasteiger partial charge on any atom is -0.480 e. The van der Waals surface area contributed by atoms with E-state index in [2.05, 4.69) is 5.32 Å². The Morgan fingerprint density at radius 3 is 2.56 bits per heavy atom. The van der Waals surface area contributed by atoms with Gasteiger partial charge in [-0.1, -0.05) is 18.2 Å². The predicted octanol–water partition coefficient (Wildman–Crippen LogP) is 1.54. The third-order valence-electron chi connectivity index (χ3n) is 2.11. The summed E-state index contributed by atoms with van der Waals surface area (Å²) in [6, 6.07) is 6.87. The highest BCUT2D eigenvalue weighted by Crippen LogP contribution is 2.13. The summed E-state index contributed by atoms with van der Waals surface area (Å²) in [5.74, 6) is -1.04. The number of hydrogen-bond donors (Lipinski definition) is 2. The molecule has 5 heteroatoms. The highest BCUT2D eigenvalue weighted by molar-refractivity contribution is 5.91. The van der Waals surface area contributed by atoms with Gasteiger partial charge in [0, 0.05) is 12.7 Å². The Bertz CT molecular complexity index is 404. The van der Waals surface area contributed by atoms with Crippen molar-refractivity contribution in [1.29, 1.82) is 0 Å². The van der Waals surface area contributed by atoms with Crippen LogP contribution < -0.4 is 5.32 Å². The van der Waals surface area contributed by atoms with Crippen molar-refractivity contribution in [3.05, 3.63) is 29.8 Å². The largest absolute Gasteiger partial charge is 0.480 e. The SMILES string of the molecule is Cc1ccccc1NC(=O)N(C)CC(=O)O. The molecule has 5 nitrogen and oxygen atoms in total. The molecule has 0 aromatic heterocycles. The molecular weight excluding hydrogens is 208 g/mol. The Morgan fingerprint density at radius 1 is 1.38 bits per heavy atom. The second-order valence-corrected chi connectivity index (χ2v) is 3.49. The van der Waals surface area contributed by atoms with Crippen molar-refractivity contribution in [3.63, 3.8) is 0 Å². The van der Waals surface area contributed by atoms with Gasteiger partial charge in [0.25, 0.3) is 0 Å². The summed E-state index contributed by atoms with van der Waals surface area (Å²) >= 11 is 0. The second kappa shape index (κ2) is 5.16. The third-order valence-corrected chi connectivity index (χ3v) is 2.11. The van der Waals surface area contributed by atoms with Crippen molar-refractivity contribution in [2.45, 2.75) is 6.92 Å². The molecule has 0 aliphatic carbocycles. The molecule has 2 amide bonds. The van der Waals surface area contributed by atoms with Crippen molar-refractivity contribution in [2.24, 2.45) is 0 Å². The standard InChI is InChI=1S/C11H14N2O3/c1-8-5-3-4-6-9(8)12-11(16)13(2)7-10(14)15/h3-6H,7H2,1-2H3,(H,12,16)(H,14,15). The lowest BCUT2D eigenvalue weighted by molar-refractivity contribution is -0.137. The molecule has 0 aliphatic rings. The number of rotatable bonds is 3. The molecule has 0 unspecified atom stereocenters. The molecule has 0 saturated heterocycles. The lowest BCUT2D eigenvalue weighted by Crippen LogP contribution is -2.35. The van der Waals surface area contributed by atoms with E-state index in [9.17, 15) is 9.59 Å². The minimum atomic E-state index is -1.04. The first-order valence-corrected chi connectivity index (χ1v) is 4.80. The predicted molar refractivity (Wildman–Crippen MR) is 60.5 cm³/mol. The molecule has 0 bridgehead atoms. The Morgan fingerprint density at radius 2 is 2.00 bits per heavy atom. The Hall–Kier alpha value is -2.04. The number of nitrogens with one attached hydrogen (secondary N) is 1. The number of nitrogens with zero attached hydrogens (tertiary/aromatic N) is 1. The van der Waals surface area contributed by atoms with E-state index in [1.54, 1.807) is 12.1 Å². The van der Waals surface area contributed by atoms with Crippen molar-refractivity contribution >= 4 is 17.7 Å². The first kappa shape index (κ1) is 12.0. The number of benzene rings is 1. The fourth-order valence-corrected chi connectivity index (χ4v) is 1.20. The van der Waals surface area contributed by atoms with Gasteiger partial charge in [-0.2, -0.15) is 0 Å². The molecular formula is C11H14N2O3. The number of carboxylic acids is 1. The number of urea groups is 1. The minimum absolute atomic E-state index is 0.322. The molecule has 1 rings (SSSR count). The number of carboxylic acid groups (broad SMARTS) is 1. The van der Waals surface area contributed by atoms with Gasteiger partial charge >= 0.3 is 12.0 Å². The Balaban J connectivity index is 2.64. The molecule has 0 spiro atoms. The van der Waals surface area contributed by atoms with Gasteiger partial charge in [-0.05, 0) is 18.6 Å². The Labute approximate surface area is 93.7 Å². The van der Waals surface area contributed by atoms with E-state index in [1.807, 2.05) is 19.1 Å². The van der Waals surface area contributed by atoms with E-state index in [0.717, 1.165) is 10.5 Å². The number of likely N-dealkylation sites (N-methyl/N-ethyl adjacent to an activating group) is 1. The average molecular weight is 222 g/mol. The number of carbonyl (C=O) groups is 2. The van der Waals surface area contributed by atoms with Crippen molar-refractivity contribution < 1.29 is 14.7 Å². The lowest BCUT2D eigenvalue weighted by atomic mass is 10.2. The first-order chi connectivity index (χ1) is 7.50. The van der Waals surface area contributed by atoms with Gasteiger partial charge in [0.1, 0.15) is 6.54 Å². The summed E-state index contributed by atoms with van der Waals surface area (Å²) < 4.78 is 0. The van der Waals surface area contributed by atoms with E-state index in [-0.39, 0.29) is 6.54 Å². The van der Waals surface area contributed by atoms with E-state index in [4.69, 9.17) is 5.11 Å². The summed E-state index contributed by atoms with van der Waals surface area (Å²) in [4.78, 5) is 23.1. The molecule has 1 aromatic rings. The van der Waals surface area contributed by atoms with Crippen LogP contribution in [0.2, 0.25) is 0 Å². The van der Waals surface area contributed by atoms with Crippen LogP contribution in [0.1, 0.15) is 5.56 Å². The van der Waals surface area contributed by atoms with Crippen LogP contribution in [0.4, 0.5) is 10.5 Å². The van der Waals surface area contributed by atoms with Crippen LogP contribution in [-0.4, -0.2) is 35.6 Å². The maximum atomic E-state index is 11.6. The monoisotopic (exact) mass is 222 g/mol. The molecule has 0 fully saturated rings. The number of hydrogen-bond acceptors (Lipinski definition) is 2. The molecule has 0 heterocycles. The van der Waals surface area contributed by atoms with Crippen LogP contribution in [0.5, 0.6) is 0 Å². The molecule has 1 aromatic carbocycles. The maximum absolute atomic E-state index is 11.6. The summed E-state index contributed by atoms with van der Waals surface area (Å²) in [6.07, 6.45) is 0. The normalized spacial score (nSPS) is 9.62. The summed E-state index contributed by atoms with van der Waals surface area (Å²) in [6.45, 7) is 1.55. The zero-order valence-electron chi connectivity index (χ0n) is 9.23. The third kappa shape index (κ3) is 3.27. The van der Waals surface area contributed by atoms with Crippen LogP contribution in [0.15, 0.2) is 24.3 Å². The summed E-state index contributed by atoms with van der Waals surface area (Å²) in [5, 5.41) is 11.2. The zero-order valence-corrected chi connectivity index (χ0v) is 9.23. The van der Waals surface area contributed by atoms with E-state index < -0.39 is 12.0 Å². The second-order valence-electron chi connectivity index (χ2n) is 3.49. The molecule has 0 aliphatic heterocycles. The fourth-order valence-electron chi connectivity index (χ4n) is 1.20. The molecule has 0 saturated carbocycles. The molecule has 0 radical (unpaired) electrons. The zero-order chi connectivity index (χ0) is 12.1. The smallest absolute Gasteiger partial charge is 0.323 e. The summed E-state index contributed by atoms with van der Waals surface area (Å²) in [7, 11) is 1.43. The van der Waals surface area contributed by atoms with Gasteiger partial charge in [-0.15, -0.1) is 0 Å². The Kier molecular flexibility index (Phi) is 3.88. The molecule has 86 valence electrons. The number of aliphatic carboxylic acids is 1. The van der Waals surface area contributed by atoms with E-state index in [0.29, 0.717) is 5.69 Å². The molecule has 16 heavy (non-hydrogen) atoms. The van der Waals surface area contributed by atoms with Crippen LogP contribution >= 0.6 is 0 Å². The van der Waals surface area contributed by atoms with Crippen LogP contribution in [-0.2, 0) is 4.79 Å². The van der Waals surface area contributed by atoms with Crippen molar-refractivity contribution in [1.82, 2.24) is 4.90 Å². The van der Waals surface area contributed by atoms with Crippen molar-refractivity contribution in [3.8, 4) is 0 Å². The fraction of sp³-hybridized carbons (Fsp3) is 0.273. The number of amides is 2. The number of anilines is 1. The number of carbonyl (C=O) groups excluding carboxylic acids is 1. The number of para-hydroxylation sites is 1. The van der Waals surface area contributed by atoms with Gasteiger partial charge in [-0.25, -0.2) is 4.79 Å². The van der Waals surface area contributed by atoms with Gasteiger partial charge in [0.05, 0.1) is 0 Å². The van der Waals surface area contributed by atoms with Crippen LogP contribution in [0.25, 0.3) is 0 Å². The van der Waals surface area contributed by atoms with E-state index >= 15 is 0 Å². The lowest BCUT2D eigenvalue weighted by Gasteiger charge is -2.16. The summed E-state index contributed by atoms with van der Waals surface area (Å²) in [5.41, 5.74) is 1.62. The van der Waals surface area contributed by atoms with Gasteiger partial charge in [0.2, 0.25) is 0 Å². The topological polar surface area (TPSA) is 69.6 Å². The van der Waals surface area contributed by atoms with Crippen LogP contribution in [0, 0.1) is 6.92 Å². The average Bonchev–Trinajstić information content (AvgIpc) is 2.20. The molecule has 2 N–H and O–H groups in total. The highest BCUT2D eigenvalue weighted by Gasteiger charge is 2.12. The quantitative estimate of drug-likeness (QED) is 0.815. The van der Waals surface area contributed by atoms with Crippen LogP contribution in [0.3, 0.4) is 0 Å². The van der Waals surface area contributed by atoms with Gasteiger partial charge in [-0.3, -0.25) is 4.79 Å². The highest BCUT2D eigenvalue weighted by atomic mass is 16.4. The number of aryl methyl sites for hydroxylation is 1. The van der Waals surface area contributed by atoms with Crippen molar-refractivity contribution in [2.75, 3.05) is 18.9 Å². The molecule has 0 atom stereocenters. The maximum Gasteiger partial charge on any atom is 0.323 e. The van der Waals surface area contributed by atoms with Gasteiger partial charge < -0.3 is 15.3 Å². The van der Waals surface area contributed by atoms with Gasteiger partial charge in [0.15, 0.2) is 0 Å². The van der Waals surface area contributed by atoms with E-state index in [1.165, 1.54) is 7.05 Å².